The van der Waals surface area contributed by atoms with Crippen molar-refractivity contribution in [1.29, 1.82) is 0 Å². The molecule has 2 N–H and O–H groups in total. The molecule has 0 heterocycles. The van der Waals surface area contributed by atoms with Crippen LogP contribution in [0, 0.1) is 0 Å². The van der Waals surface area contributed by atoms with E-state index in [0.29, 0.717) is 0 Å². The maximum Gasteiger partial charge on any atom is 2.00 e. The van der Waals surface area contributed by atoms with Gasteiger partial charge in [-0.1, -0.05) is 364 Å². The van der Waals surface area contributed by atoms with Gasteiger partial charge in [-0.2, -0.15) is 0 Å². The van der Waals surface area contributed by atoms with Crippen LogP contribution in [0.1, 0.15) is 27.7 Å². The zero-order valence-electron chi connectivity index (χ0n) is 52.8. The molecule has 0 amide bonds. The van der Waals surface area contributed by atoms with Crippen LogP contribution in [0.3, 0.4) is 0 Å². The van der Waals surface area contributed by atoms with Crippen molar-refractivity contribution >= 4 is 119 Å². The molecule has 0 spiro atoms. The molecule has 9 nitrogen and oxygen atoms in total. The van der Waals surface area contributed by atoms with Crippen molar-refractivity contribution < 1.29 is 87.2 Å². The molecule has 488 valence electrons. The third kappa shape index (κ3) is 32.5. The fourth-order valence-corrected chi connectivity index (χ4v) is 17.9. The van der Waals surface area contributed by atoms with E-state index in [2.05, 4.69) is 364 Å². The van der Waals surface area contributed by atoms with E-state index in [9.17, 15) is 0 Å². The Morgan fingerprint density at radius 2 is 0.232 bits per heavy atom. The molecule has 12 aromatic carbocycles. The number of carboxylic acids is 4. The SMILES string of the molecule is CC(=O)[O-].CC(=O)[O-].CC(=O)[O-].CC(=O)[O-].O.[Pt+2].[Pt+2].c1ccc(P(c2ccccc2)c2ccccc2)cc1.c1ccc(P(c2ccccc2)c2ccccc2)cc1.c1ccc(P(c2ccccc2)c2ccccc2)cc1.c1ccc(P(c2ccccc2)c2ccccc2)cc1. The average Bonchev–Trinajstić information content (AvgIpc) is 1.23. The Hall–Kier alpha value is -8.42. The minimum absolute atomic E-state index is 0. The van der Waals surface area contributed by atoms with Crippen molar-refractivity contribution in [3.05, 3.63) is 364 Å². The zero-order valence-corrected chi connectivity index (χ0v) is 61.0. The molecule has 0 aliphatic rings. The summed E-state index contributed by atoms with van der Waals surface area (Å²) < 4.78 is 0. The van der Waals surface area contributed by atoms with Crippen molar-refractivity contribution in [2.45, 2.75) is 27.7 Å². The third-order valence-electron chi connectivity index (χ3n) is 12.2. The minimum atomic E-state index is -1.08. The van der Waals surface area contributed by atoms with Crippen LogP contribution in [-0.2, 0) is 61.3 Å². The molecule has 12 rings (SSSR count). The van der Waals surface area contributed by atoms with Crippen LogP contribution in [-0.4, -0.2) is 29.4 Å². The van der Waals surface area contributed by atoms with E-state index >= 15 is 0 Å². The Morgan fingerprint density at radius 3 is 0.284 bits per heavy atom. The molecule has 0 bridgehead atoms. The number of hydrogen-bond donors (Lipinski definition) is 0. The van der Waals surface area contributed by atoms with Crippen LogP contribution in [0.15, 0.2) is 364 Å². The van der Waals surface area contributed by atoms with E-state index in [4.69, 9.17) is 39.6 Å². The zero-order chi connectivity index (χ0) is 66.0. The monoisotopic (exact) mass is 1690 g/mol. The first-order chi connectivity index (χ1) is 44.7. The van der Waals surface area contributed by atoms with Crippen molar-refractivity contribution in [3.63, 3.8) is 0 Å². The molecule has 15 heteroatoms. The van der Waals surface area contributed by atoms with Crippen molar-refractivity contribution in [2.24, 2.45) is 0 Å². The molecule has 12 aromatic rings. The first-order valence-corrected chi connectivity index (χ1v) is 34.6. The summed E-state index contributed by atoms with van der Waals surface area (Å²) in [7, 11) is -1.78. The molecular weight excluding hydrogens is 1620 g/mol. The first-order valence-electron chi connectivity index (χ1n) is 29.2. The van der Waals surface area contributed by atoms with Crippen LogP contribution >= 0.6 is 31.7 Å². The molecule has 0 aliphatic carbocycles. The molecule has 0 saturated carbocycles. The van der Waals surface area contributed by atoms with E-state index in [1.54, 1.807) is 0 Å². The van der Waals surface area contributed by atoms with Gasteiger partial charge in [-0.3, -0.25) is 0 Å². The fourth-order valence-electron chi connectivity index (χ4n) is 8.71. The van der Waals surface area contributed by atoms with E-state index in [1.807, 2.05) is 0 Å². The maximum absolute atomic E-state index is 8.89. The van der Waals surface area contributed by atoms with Crippen molar-refractivity contribution in [2.75, 3.05) is 0 Å². The van der Waals surface area contributed by atoms with Gasteiger partial charge in [0.15, 0.2) is 0 Å². The van der Waals surface area contributed by atoms with Gasteiger partial charge in [0.05, 0.1) is 0 Å². The normalized spacial score (nSPS) is 9.52. The van der Waals surface area contributed by atoms with Crippen LogP contribution in [0.4, 0.5) is 0 Å². The summed E-state index contributed by atoms with van der Waals surface area (Å²) in [6, 6.07) is 129. The van der Waals surface area contributed by atoms with Gasteiger partial charge in [-0.15, -0.1) is 0 Å². The maximum atomic E-state index is 8.89. The molecule has 0 radical (unpaired) electrons. The predicted molar refractivity (Wildman–Crippen MR) is 387 cm³/mol. The van der Waals surface area contributed by atoms with E-state index < -0.39 is 55.6 Å². The van der Waals surface area contributed by atoms with Gasteiger partial charge in [-0.25, -0.2) is 0 Å². The van der Waals surface area contributed by atoms with Crippen molar-refractivity contribution in [1.82, 2.24) is 0 Å². The second kappa shape index (κ2) is 49.2. The van der Waals surface area contributed by atoms with Gasteiger partial charge < -0.3 is 45.1 Å². The van der Waals surface area contributed by atoms with E-state index in [1.165, 1.54) is 63.7 Å². The summed E-state index contributed by atoms with van der Waals surface area (Å²) in [5, 5.41) is 52.3. The molecule has 0 aliphatic heterocycles. The Kier molecular flexibility index (Phi) is 42.8. The number of benzene rings is 12. The standard InChI is InChI=1S/4C18H15P.4C2H4O2.H2O.2Pt/c4*1-4-10-16(11-5-1)19(17-12-6-2-7-13-17)18-14-8-3-9-15-18;4*1-2(3)4;;;/h4*1-15H;4*1H3,(H,3,4);1H2;;/q;;;;;;;;;2*+2/p-4. The molecule has 0 unspecified atom stereocenters. The second-order valence-corrected chi connectivity index (χ2v) is 28.2. The molecule has 0 aromatic heterocycles. The summed E-state index contributed by atoms with van der Waals surface area (Å²) in [5.74, 6) is -4.33. The van der Waals surface area contributed by atoms with E-state index in [0.717, 1.165) is 27.7 Å². The fraction of sp³-hybridized carbons (Fsp3) is 0.0500. The van der Waals surface area contributed by atoms with Crippen LogP contribution in [0.2, 0.25) is 0 Å². The van der Waals surface area contributed by atoms with Crippen molar-refractivity contribution in [3.8, 4) is 0 Å². The van der Waals surface area contributed by atoms with Gasteiger partial charge in [-0.05, 0) is 123 Å². The molecule has 0 saturated heterocycles. The predicted octanol–water partition coefficient (Wildman–Crippen LogP) is 7.97. The molecule has 0 atom stereocenters. The molecule has 95 heavy (non-hydrogen) atoms. The average molecular weight is 1690 g/mol. The van der Waals surface area contributed by atoms with Gasteiger partial charge >= 0.3 is 42.1 Å². The Morgan fingerprint density at radius 1 is 0.179 bits per heavy atom. The van der Waals surface area contributed by atoms with Gasteiger partial charge in [0.25, 0.3) is 0 Å². The number of rotatable bonds is 12. The quantitative estimate of drug-likeness (QED) is 0.110. The minimum Gasteiger partial charge on any atom is -0.550 e. The summed E-state index contributed by atoms with van der Waals surface area (Å²) in [6.07, 6.45) is 0. The van der Waals surface area contributed by atoms with Gasteiger partial charge in [0, 0.05) is 23.9 Å². The van der Waals surface area contributed by atoms with Crippen LogP contribution in [0.5, 0.6) is 0 Å². The summed E-state index contributed by atoms with van der Waals surface area (Å²) in [6.45, 7) is 3.89. The number of aliphatic carboxylic acids is 4. The van der Waals surface area contributed by atoms with Crippen LogP contribution in [0.25, 0.3) is 0 Å². The summed E-state index contributed by atoms with van der Waals surface area (Å²) in [5.41, 5.74) is 0. The Balaban J connectivity index is 0.000000396. The number of carboxylic acid groups (broad SMARTS) is 4. The Bertz CT molecular complexity index is 3000. The van der Waals surface area contributed by atoms with Gasteiger partial charge in [0.1, 0.15) is 0 Å². The number of carbonyl (C=O) groups is 4. The molecular formula is C80H74O9P4Pt2. The number of carbonyl (C=O) groups excluding carboxylic acids is 4. The largest absolute Gasteiger partial charge is 2.00 e. The van der Waals surface area contributed by atoms with Gasteiger partial charge in [0.2, 0.25) is 0 Å². The van der Waals surface area contributed by atoms with Crippen LogP contribution < -0.4 is 84.1 Å². The smallest absolute Gasteiger partial charge is 0.550 e. The summed E-state index contributed by atoms with van der Waals surface area (Å²) >= 11 is 0. The number of hydrogen-bond acceptors (Lipinski definition) is 8. The first kappa shape index (κ1) is 82.7. The van der Waals surface area contributed by atoms with E-state index in [-0.39, 0.29) is 47.6 Å². The summed E-state index contributed by atoms with van der Waals surface area (Å²) in [4.78, 5) is 35.6. The third-order valence-corrected chi connectivity index (χ3v) is 21.9. The molecule has 0 fully saturated rings. The Labute approximate surface area is 593 Å². The topological polar surface area (TPSA) is 192 Å². The second-order valence-electron chi connectivity index (χ2n) is 19.3.